The summed E-state index contributed by atoms with van der Waals surface area (Å²) >= 11 is 0. The zero-order valence-corrected chi connectivity index (χ0v) is 21.8. The summed E-state index contributed by atoms with van der Waals surface area (Å²) in [6.07, 6.45) is 5.62. The van der Waals surface area contributed by atoms with Gasteiger partial charge >= 0.3 is 13.3 Å². The molecule has 1 aliphatic heterocycles. The van der Waals surface area contributed by atoms with Crippen molar-refractivity contribution >= 4 is 31.0 Å². The van der Waals surface area contributed by atoms with Gasteiger partial charge in [-0.25, -0.2) is 9.78 Å². The third-order valence-corrected chi connectivity index (χ3v) is 5.84. The van der Waals surface area contributed by atoms with E-state index in [-0.39, 0.29) is 18.0 Å². The lowest BCUT2D eigenvalue weighted by Crippen LogP contribution is -2.56. The Morgan fingerprint density at radius 1 is 1.05 bits per heavy atom. The van der Waals surface area contributed by atoms with Gasteiger partial charge in [-0.2, -0.15) is 0 Å². The minimum atomic E-state index is -2.17. The van der Waals surface area contributed by atoms with Gasteiger partial charge in [0.05, 0.1) is 6.20 Å². The first-order valence-electron chi connectivity index (χ1n) is 12.5. The summed E-state index contributed by atoms with van der Waals surface area (Å²) in [5.41, 5.74) is 0.897. The van der Waals surface area contributed by atoms with Crippen molar-refractivity contribution in [1.29, 1.82) is 0 Å². The molecule has 1 aromatic carbocycles. The average Bonchev–Trinajstić information content (AvgIpc) is 3.38. The van der Waals surface area contributed by atoms with Crippen LogP contribution < -0.4 is 10.6 Å². The molecule has 210 valence electrons. The molecule has 3 rings (SSSR count). The zero-order valence-electron chi connectivity index (χ0n) is 21.8. The highest BCUT2D eigenvalue weighted by molar-refractivity contribution is 6.30. The van der Waals surface area contributed by atoms with Crippen molar-refractivity contribution in [3.05, 3.63) is 60.2 Å². The number of benzene rings is 1. The molecule has 6 N–H and O–H groups in total. The normalized spacial score (nSPS) is 15.9. The van der Waals surface area contributed by atoms with Gasteiger partial charge in [-0.15, -0.1) is 0 Å². The molecule has 0 aliphatic carbocycles. The molecule has 2 aromatic rings. The second-order valence-electron chi connectivity index (χ2n) is 9.37. The summed E-state index contributed by atoms with van der Waals surface area (Å²) in [5, 5.41) is 36.5. The molecule has 0 bridgehead atoms. The number of aromatic nitrogens is 2. The van der Waals surface area contributed by atoms with Crippen LogP contribution in [0.3, 0.4) is 0 Å². The van der Waals surface area contributed by atoms with Crippen molar-refractivity contribution in [3.8, 4) is 0 Å². The van der Waals surface area contributed by atoms with E-state index in [1.165, 1.54) is 23.5 Å². The Morgan fingerprint density at radius 2 is 1.72 bits per heavy atom. The standard InChI is InChI=1S/C25H31N5O5.BH3O3/c1-16(2)13-18(28-23(32)20-15-26-10-11-27-20)22(31)29-19(14-17-7-4-3-5-8-17)24(33)30-12-6-9-21(30)25(34)35;2-1(3)4/h3-5,7-8,10-11,15-16,18-19,21H,6,9,12-14H2,1-2H3,(H,28,32)(H,29,31)(H,34,35);2-4H/t18?,19?,21-;/m0./s1. The Labute approximate surface area is 226 Å². The van der Waals surface area contributed by atoms with E-state index in [9.17, 15) is 24.3 Å². The maximum Gasteiger partial charge on any atom is 0.631 e. The van der Waals surface area contributed by atoms with Crippen LogP contribution in [0.1, 0.15) is 49.2 Å². The molecule has 39 heavy (non-hydrogen) atoms. The summed E-state index contributed by atoms with van der Waals surface area (Å²) in [7, 11) is -2.17. The van der Waals surface area contributed by atoms with Crippen LogP contribution in [-0.4, -0.2) is 90.7 Å². The van der Waals surface area contributed by atoms with Crippen molar-refractivity contribution in [3.63, 3.8) is 0 Å². The molecule has 2 unspecified atom stereocenters. The number of hydrogen-bond acceptors (Lipinski definition) is 9. The maximum absolute atomic E-state index is 13.4. The molecule has 1 aliphatic rings. The Hall–Kier alpha value is -3.88. The zero-order chi connectivity index (χ0) is 28.9. The monoisotopic (exact) mass is 543 g/mol. The van der Waals surface area contributed by atoms with Crippen LogP contribution in [0.25, 0.3) is 0 Å². The number of hydrogen-bond donors (Lipinski definition) is 6. The first-order valence-corrected chi connectivity index (χ1v) is 12.5. The molecular formula is C25H34BN5O8. The van der Waals surface area contributed by atoms with Crippen LogP contribution in [-0.2, 0) is 20.8 Å². The Morgan fingerprint density at radius 3 is 2.28 bits per heavy atom. The summed E-state index contributed by atoms with van der Waals surface area (Å²) in [6, 6.07) is 6.38. The lowest BCUT2D eigenvalue weighted by molar-refractivity contribution is -0.149. The number of carboxylic acids is 1. The van der Waals surface area contributed by atoms with E-state index in [4.69, 9.17) is 15.1 Å². The predicted molar refractivity (Wildman–Crippen MR) is 140 cm³/mol. The van der Waals surface area contributed by atoms with E-state index in [1.54, 1.807) is 0 Å². The number of carboxylic acid groups (broad SMARTS) is 1. The fourth-order valence-electron chi connectivity index (χ4n) is 4.16. The van der Waals surface area contributed by atoms with Gasteiger partial charge in [-0.05, 0) is 30.7 Å². The summed E-state index contributed by atoms with van der Waals surface area (Å²) in [5.74, 6) is -2.50. The third kappa shape index (κ3) is 10.4. The van der Waals surface area contributed by atoms with Crippen molar-refractivity contribution in [1.82, 2.24) is 25.5 Å². The van der Waals surface area contributed by atoms with Crippen LogP contribution in [0.2, 0.25) is 0 Å². The Kier molecular flexibility index (Phi) is 12.5. The molecule has 3 amide bonds. The average molecular weight is 543 g/mol. The van der Waals surface area contributed by atoms with Crippen molar-refractivity contribution in [2.75, 3.05) is 6.54 Å². The summed E-state index contributed by atoms with van der Waals surface area (Å²) in [6.45, 7) is 4.15. The fraction of sp³-hybridized carbons (Fsp3) is 0.440. The Bertz CT molecular complexity index is 1090. The molecule has 1 aromatic heterocycles. The molecule has 0 saturated carbocycles. The topological polar surface area (TPSA) is 202 Å². The predicted octanol–water partition coefficient (Wildman–Crippen LogP) is -0.628. The number of likely N-dealkylation sites (tertiary alicyclic amines) is 1. The smallest absolute Gasteiger partial charge is 0.480 e. The summed E-state index contributed by atoms with van der Waals surface area (Å²) < 4.78 is 0. The molecule has 1 saturated heterocycles. The Balaban J connectivity index is 0.00000124. The van der Waals surface area contributed by atoms with Gasteiger partial charge in [0.2, 0.25) is 11.8 Å². The molecule has 14 heteroatoms. The number of rotatable bonds is 10. The third-order valence-electron chi connectivity index (χ3n) is 5.84. The van der Waals surface area contributed by atoms with E-state index in [0.717, 1.165) is 5.56 Å². The first-order chi connectivity index (χ1) is 18.5. The molecule has 13 nitrogen and oxygen atoms in total. The molecule has 1 fully saturated rings. The van der Waals surface area contributed by atoms with Crippen molar-refractivity contribution < 1.29 is 39.4 Å². The highest BCUT2D eigenvalue weighted by atomic mass is 16.5. The second kappa shape index (κ2) is 15.5. The van der Waals surface area contributed by atoms with Crippen LogP contribution in [0.5, 0.6) is 0 Å². The molecular weight excluding hydrogens is 509 g/mol. The first kappa shape index (κ1) is 31.3. The minimum Gasteiger partial charge on any atom is -0.480 e. The SMILES string of the molecule is CC(C)CC(NC(=O)c1cnccn1)C(=O)NC(Cc1ccccc1)C(=O)N1CCC[C@H]1C(=O)O.OB(O)O. The van der Waals surface area contributed by atoms with Crippen LogP contribution in [0.4, 0.5) is 0 Å². The lowest BCUT2D eigenvalue weighted by Gasteiger charge is -2.29. The van der Waals surface area contributed by atoms with Gasteiger partial charge in [0.1, 0.15) is 23.8 Å². The van der Waals surface area contributed by atoms with E-state index < -0.39 is 49.1 Å². The van der Waals surface area contributed by atoms with E-state index in [2.05, 4.69) is 20.6 Å². The number of nitrogens with one attached hydrogen (secondary N) is 2. The molecule has 3 atom stereocenters. The lowest BCUT2D eigenvalue weighted by atomic mass is 10.0. The van der Waals surface area contributed by atoms with Crippen molar-refractivity contribution in [2.24, 2.45) is 5.92 Å². The van der Waals surface area contributed by atoms with Crippen molar-refractivity contribution in [2.45, 2.75) is 57.7 Å². The highest BCUT2D eigenvalue weighted by Crippen LogP contribution is 2.20. The van der Waals surface area contributed by atoms with Gasteiger partial charge in [0.25, 0.3) is 5.91 Å². The molecule has 2 heterocycles. The van der Waals surface area contributed by atoms with Crippen LogP contribution >= 0.6 is 0 Å². The number of aliphatic carboxylic acids is 1. The largest absolute Gasteiger partial charge is 0.631 e. The number of amides is 3. The van der Waals surface area contributed by atoms with Gasteiger partial charge < -0.3 is 35.7 Å². The van der Waals surface area contributed by atoms with Gasteiger partial charge in [0.15, 0.2) is 0 Å². The van der Waals surface area contributed by atoms with E-state index >= 15 is 0 Å². The quantitative estimate of drug-likeness (QED) is 0.210. The second-order valence-corrected chi connectivity index (χ2v) is 9.37. The van der Waals surface area contributed by atoms with E-state index in [0.29, 0.717) is 25.8 Å². The summed E-state index contributed by atoms with van der Waals surface area (Å²) in [4.78, 5) is 60.2. The maximum atomic E-state index is 13.4. The van der Waals surface area contributed by atoms with Gasteiger partial charge in [-0.1, -0.05) is 44.2 Å². The van der Waals surface area contributed by atoms with Crippen LogP contribution in [0, 0.1) is 5.92 Å². The van der Waals surface area contributed by atoms with Gasteiger partial charge in [-0.3, -0.25) is 19.4 Å². The minimum absolute atomic E-state index is 0.0751. The fourth-order valence-corrected chi connectivity index (χ4v) is 4.16. The van der Waals surface area contributed by atoms with Crippen LogP contribution in [0.15, 0.2) is 48.9 Å². The number of carbonyl (C=O) groups excluding carboxylic acids is 3. The van der Waals surface area contributed by atoms with Gasteiger partial charge in [0, 0.05) is 25.4 Å². The number of carbonyl (C=O) groups is 4. The highest BCUT2D eigenvalue weighted by Gasteiger charge is 2.38. The van der Waals surface area contributed by atoms with E-state index in [1.807, 2.05) is 44.2 Å². The molecule has 0 spiro atoms. The molecule has 0 radical (unpaired) electrons. The number of nitrogens with zero attached hydrogens (tertiary/aromatic N) is 3.